The van der Waals surface area contributed by atoms with Gasteiger partial charge >= 0.3 is 0 Å². The summed E-state index contributed by atoms with van der Waals surface area (Å²) in [5.74, 6) is 0.764. The molecule has 9 heteroatoms. The van der Waals surface area contributed by atoms with Gasteiger partial charge in [-0.25, -0.2) is 13.1 Å². The maximum absolute atomic E-state index is 12.5. The summed E-state index contributed by atoms with van der Waals surface area (Å²) in [5, 5.41) is 10.9. The van der Waals surface area contributed by atoms with Crippen molar-refractivity contribution < 1.29 is 17.7 Å². The number of aryl methyl sites for hydroxylation is 3. The second-order valence-corrected chi connectivity index (χ2v) is 8.05. The van der Waals surface area contributed by atoms with E-state index in [-0.39, 0.29) is 23.5 Å². The summed E-state index contributed by atoms with van der Waals surface area (Å²) in [4.78, 5) is 12.5. The van der Waals surface area contributed by atoms with E-state index in [0.717, 1.165) is 0 Å². The Morgan fingerprint density at radius 3 is 2.70 bits per heavy atom. The second kappa shape index (κ2) is 5.48. The number of hydrogen-bond donors (Lipinski definition) is 1. The van der Waals surface area contributed by atoms with Gasteiger partial charge in [-0.15, -0.1) is 0 Å². The number of carbonyl (C=O) groups excluding carboxylic acids is 1. The number of rotatable bonds is 3. The average Bonchev–Trinajstić information content (AvgIpc) is 3.08. The van der Waals surface area contributed by atoms with E-state index in [1.807, 2.05) is 0 Å². The van der Waals surface area contributed by atoms with Crippen molar-refractivity contribution in [2.75, 3.05) is 16.8 Å². The Balaban J connectivity index is 1.88. The van der Waals surface area contributed by atoms with Crippen molar-refractivity contribution in [3.05, 3.63) is 28.8 Å². The maximum Gasteiger partial charge on any atom is 0.262 e. The van der Waals surface area contributed by atoms with Crippen LogP contribution in [0.1, 0.15) is 40.0 Å². The fraction of sp³-hybridized carbons (Fsp3) is 0.500. The Bertz CT molecular complexity index is 846. The maximum atomic E-state index is 12.5. The molecule has 1 N–H and O–H groups in total. The molecular formula is C14H18N4O4S. The molecule has 2 aromatic rings. The zero-order valence-corrected chi connectivity index (χ0v) is 14.0. The molecule has 0 radical (unpaired) electrons. The Kier molecular flexibility index (Phi) is 3.75. The summed E-state index contributed by atoms with van der Waals surface area (Å²) in [6.07, 6.45) is 0.498. The van der Waals surface area contributed by atoms with Crippen molar-refractivity contribution in [3.63, 3.8) is 0 Å². The lowest BCUT2D eigenvalue weighted by Gasteiger charge is -2.13. The topological polar surface area (TPSA) is 107 Å². The lowest BCUT2D eigenvalue weighted by atomic mass is 10.2. The summed E-state index contributed by atoms with van der Waals surface area (Å²) in [6.45, 7) is 5.16. The summed E-state index contributed by atoms with van der Waals surface area (Å²) < 4.78 is 30.0. The van der Waals surface area contributed by atoms with E-state index in [1.165, 1.54) is 0 Å². The highest BCUT2D eigenvalue weighted by molar-refractivity contribution is 7.91. The number of hydrogen-bond acceptors (Lipinski definition) is 6. The monoisotopic (exact) mass is 338 g/mol. The highest BCUT2D eigenvalue weighted by atomic mass is 32.2. The van der Waals surface area contributed by atoms with Crippen LogP contribution in [0.4, 0.5) is 5.82 Å². The van der Waals surface area contributed by atoms with E-state index in [1.54, 1.807) is 31.5 Å². The molecule has 124 valence electrons. The third-order valence-electron chi connectivity index (χ3n) is 3.91. The molecule has 1 amide bonds. The van der Waals surface area contributed by atoms with Crippen molar-refractivity contribution in [2.24, 2.45) is 0 Å². The van der Waals surface area contributed by atoms with Crippen molar-refractivity contribution in [3.8, 4) is 0 Å². The minimum absolute atomic E-state index is 0.0440. The van der Waals surface area contributed by atoms with E-state index in [2.05, 4.69) is 15.6 Å². The molecule has 0 bridgehead atoms. The molecule has 1 fully saturated rings. The van der Waals surface area contributed by atoms with Crippen LogP contribution in [0.5, 0.6) is 0 Å². The molecule has 0 aliphatic carbocycles. The first-order valence-electron chi connectivity index (χ1n) is 7.27. The molecule has 0 aromatic carbocycles. The average molecular weight is 338 g/mol. The standard InChI is InChI=1S/C14H18N4O4S/c1-8-6-12(15-14(19)13-9(2)17-22-10(13)3)18(16-8)11-4-5-23(20,21)7-11/h6,11H,4-5,7H2,1-3H3,(H,15,19)/t11-/m0/s1. The Morgan fingerprint density at radius 2 is 2.13 bits per heavy atom. The minimum atomic E-state index is -3.03. The van der Waals surface area contributed by atoms with E-state index in [9.17, 15) is 13.2 Å². The van der Waals surface area contributed by atoms with Gasteiger partial charge in [0.05, 0.1) is 28.9 Å². The summed E-state index contributed by atoms with van der Waals surface area (Å²) >= 11 is 0. The van der Waals surface area contributed by atoms with Crippen LogP contribution in [0.15, 0.2) is 10.6 Å². The molecule has 1 saturated heterocycles. The first-order chi connectivity index (χ1) is 10.8. The number of carbonyl (C=O) groups is 1. The fourth-order valence-corrected chi connectivity index (χ4v) is 4.53. The SMILES string of the molecule is Cc1cc(NC(=O)c2c(C)noc2C)n([C@H]2CCS(=O)(=O)C2)n1. The Morgan fingerprint density at radius 1 is 1.39 bits per heavy atom. The van der Waals surface area contributed by atoms with Crippen molar-refractivity contribution in [1.29, 1.82) is 0 Å². The molecule has 8 nitrogen and oxygen atoms in total. The number of sulfone groups is 1. The zero-order chi connectivity index (χ0) is 16.8. The van der Waals surface area contributed by atoms with Crippen molar-refractivity contribution in [2.45, 2.75) is 33.2 Å². The van der Waals surface area contributed by atoms with Crippen LogP contribution in [-0.4, -0.2) is 40.8 Å². The third kappa shape index (κ3) is 3.00. The van der Waals surface area contributed by atoms with Gasteiger partial charge in [0.2, 0.25) is 0 Å². The number of aromatic nitrogens is 3. The fourth-order valence-electron chi connectivity index (χ4n) is 2.84. The van der Waals surface area contributed by atoms with E-state index in [4.69, 9.17) is 4.52 Å². The quantitative estimate of drug-likeness (QED) is 0.906. The molecule has 1 aliphatic heterocycles. The van der Waals surface area contributed by atoms with Gasteiger partial charge in [-0.05, 0) is 27.2 Å². The smallest absolute Gasteiger partial charge is 0.262 e. The molecule has 1 aliphatic rings. The summed E-state index contributed by atoms with van der Waals surface area (Å²) in [5.41, 5.74) is 1.60. The van der Waals surface area contributed by atoms with Gasteiger partial charge in [0, 0.05) is 6.07 Å². The normalized spacial score (nSPS) is 19.9. The molecular weight excluding hydrogens is 320 g/mol. The molecule has 2 aromatic heterocycles. The molecule has 3 rings (SSSR count). The number of anilines is 1. The van der Waals surface area contributed by atoms with Gasteiger partial charge in [0.15, 0.2) is 9.84 Å². The number of nitrogens with zero attached hydrogens (tertiary/aromatic N) is 3. The molecule has 3 heterocycles. The molecule has 23 heavy (non-hydrogen) atoms. The largest absolute Gasteiger partial charge is 0.361 e. The molecule has 1 atom stereocenters. The van der Waals surface area contributed by atoms with Gasteiger partial charge in [0.1, 0.15) is 17.1 Å². The zero-order valence-electron chi connectivity index (χ0n) is 13.2. The second-order valence-electron chi connectivity index (χ2n) is 5.83. The van der Waals surface area contributed by atoms with Crippen molar-refractivity contribution >= 4 is 21.6 Å². The predicted octanol–water partition coefficient (Wildman–Crippen LogP) is 1.41. The van der Waals surface area contributed by atoms with Crippen LogP contribution in [0.3, 0.4) is 0 Å². The van der Waals surface area contributed by atoms with Gasteiger partial charge in [0.25, 0.3) is 5.91 Å². The van der Waals surface area contributed by atoms with E-state index >= 15 is 0 Å². The Labute approximate surface area is 133 Å². The van der Waals surface area contributed by atoms with Crippen LogP contribution in [0, 0.1) is 20.8 Å². The van der Waals surface area contributed by atoms with Crippen LogP contribution in [-0.2, 0) is 9.84 Å². The first-order valence-corrected chi connectivity index (χ1v) is 9.10. The molecule has 0 unspecified atom stereocenters. The summed E-state index contributed by atoms with van der Waals surface area (Å²) in [6, 6.07) is 1.47. The van der Waals surface area contributed by atoms with E-state index in [0.29, 0.717) is 35.0 Å². The predicted molar refractivity (Wildman–Crippen MR) is 83.2 cm³/mol. The summed E-state index contributed by atoms with van der Waals surface area (Å²) in [7, 11) is -3.03. The number of amides is 1. The van der Waals surface area contributed by atoms with Gasteiger partial charge in [-0.3, -0.25) is 4.79 Å². The third-order valence-corrected chi connectivity index (χ3v) is 5.66. The van der Waals surface area contributed by atoms with Crippen LogP contribution >= 0.6 is 0 Å². The van der Waals surface area contributed by atoms with Gasteiger partial charge < -0.3 is 9.84 Å². The Hall–Kier alpha value is -2.16. The lowest BCUT2D eigenvalue weighted by Crippen LogP contribution is -2.20. The first kappa shape index (κ1) is 15.7. The van der Waals surface area contributed by atoms with Gasteiger partial charge in [-0.1, -0.05) is 5.16 Å². The van der Waals surface area contributed by atoms with E-state index < -0.39 is 9.84 Å². The molecule has 0 spiro atoms. The van der Waals surface area contributed by atoms with Crippen LogP contribution < -0.4 is 5.32 Å². The molecule has 0 saturated carbocycles. The minimum Gasteiger partial charge on any atom is -0.361 e. The van der Waals surface area contributed by atoms with Crippen molar-refractivity contribution in [1.82, 2.24) is 14.9 Å². The van der Waals surface area contributed by atoms with Crippen LogP contribution in [0.25, 0.3) is 0 Å². The van der Waals surface area contributed by atoms with Crippen LogP contribution in [0.2, 0.25) is 0 Å². The highest BCUT2D eigenvalue weighted by Gasteiger charge is 2.31. The van der Waals surface area contributed by atoms with Gasteiger partial charge in [-0.2, -0.15) is 5.10 Å². The lowest BCUT2D eigenvalue weighted by molar-refractivity contribution is 0.102. The number of nitrogens with one attached hydrogen (secondary N) is 1. The highest BCUT2D eigenvalue weighted by Crippen LogP contribution is 2.27.